The topological polar surface area (TPSA) is 62.7 Å². The van der Waals surface area contributed by atoms with Crippen LogP contribution in [0, 0.1) is 12.8 Å². The normalized spacial score (nSPS) is 15.0. The number of rotatable bonds is 9. The first kappa shape index (κ1) is 19.1. The SMILES string of the molecule is CCCCC(C)Nc1nc(NCC2CC2)nc(C)c1-c1nc2ccccc2s1. The van der Waals surface area contributed by atoms with Crippen LogP contribution >= 0.6 is 11.3 Å². The maximum absolute atomic E-state index is 4.87. The zero-order chi connectivity index (χ0) is 19.5. The van der Waals surface area contributed by atoms with Crippen LogP contribution in [0.2, 0.25) is 0 Å². The summed E-state index contributed by atoms with van der Waals surface area (Å²) in [5.74, 6) is 2.40. The number of hydrogen-bond donors (Lipinski definition) is 2. The van der Waals surface area contributed by atoms with Gasteiger partial charge >= 0.3 is 0 Å². The first-order valence-electron chi connectivity index (χ1n) is 10.4. The quantitative estimate of drug-likeness (QED) is 0.474. The number of aromatic nitrogens is 3. The van der Waals surface area contributed by atoms with E-state index in [-0.39, 0.29) is 0 Å². The van der Waals surface area contributed by atoms with Crippen molar-refractivity contribution in [2.24, 2.45) is 5.92 Å². The van der Waals surface area contributed by atoms with E-state index >= 15 is 0 Å². The Morgan fingerprint density at radius 3 is 2.75 bits per heavy atom. The Morgan fingerprint density at radius 1 is 1.18 bits per heavy atom. The zero-order valence-corrected chi connectivity index (χ0v) is 17.8. The molecule has 1 fully saturated rings. The smallest absolute Gasteiger partial charge is 0.224 e. The van der Waals surface area contributed by atoms with E-state index in [1.54, 1.807) is 11.3 Å². The lowest BCUT2D eigenvalue weighted by molar-refractivity contribution is 0.643. The average Bonchev–Trinajstić information content (AvgIpc) is 3.41. The van der Waals surface area contributed by atoms with Crippen molar-refractivity contribution in [2.75, 3.05) is 17.2 Å². The standard InChI is InChI=1S/C22H29N5S/c1-4-5-8-14(2)24-20-19(21-26-17-9-6-7-10-18(17)28-21)15(3)25-22(27-20)23-13-16-11-12-16/h6-7,9-10,14,16H,4-5,8,11-13H2,1-3H3,(H2,23,24,25,27). The van der Waals surface area contributed by atoms with Crippen molar-refractivity contribution in [3.63, 3.8) is 0 Å². The number of fused-ring (bicyclic) bond motifs is 1. The van der Waals surface area contributed by atoms with Crippen molar-refractivity contribution < 1.29 is 0 Å². The van der Waals surface area contributed by atoms with Gasteiger partial charge in [-0.1, -0.05) is 31.9 Å². The summed E-state index contributed by atoms with van der Waals surface area (Å²) >= 11 is 1.71. The Labute approximate surface area is 171 Å². The molecule has 1 atom stereocenters. The molecule has 3 aromatic rings. The molecule has 1 aromatic carbocycles. The lowest BCUT2D eigenvalue weighted by atomic mass is 10.1. The fourth-order valence-corrected chi connectivity index (χ4v) is 4.43. The average molecular weight is 396 g/mol. The summed E-state index contributed by atoms with van der Waals surface area (Å²) in [5.41, 5.74) is 3.03. The highest BCUT2D eigenvalue weighted by molar-refractivity contribution is 7.21. The minimum Gasteiger partial charge on any atom is -0.367 e. The largest absolute Gasteiger partial charge is 0.367 e. The van der Waals surface area contributed by atoms with E-state index in [0.29, 0.717) is 6.04 Å². The van der Waals surface area contributed by atoms with Gasteiger partial charge in [-0.2, -0.15) is 4.98 Å². The Hall–Kier alpha value is -2.21. The fraction of sp³-hybridized carbons (Fsp3) is 0.500. The van der Waals surface area contributed by atoms with E-state index in [4.69, 9.17) is 15.0 Å². The van der Waals surface area contributed by atoms with Gasteiger partial charge in [0.25, 0.3) is 0 Å². The third-order valence-corrected chi connectivity index (χ3v) is 6.27. The molecule has 1 unspecified atom stereocenters. The maximum atomic E-state index is 4.87. The lowest BCUT2D eigenvalue weighted by Crippen LogP contribution is -2.18. The molecule has 0 amide bonds. The van der Waals surface area contributed by atoms with Crippen molar-refractivity contribution in [1.82, 2.24) is 15.0 Å². The Morgan fingerprint density at radius 2 is 2.00 bits per heavy atom. The van der Waals surface area contributed by atoms with E-state index in [1.807, 2.05) is 6.07 Å². The van der Waals surface area contributed by atoms with Crippen molar-refractivity contribution >= 4 is 33.3 Å². The molecule has 0 spiro atoms. The van der Waals surface area contributed by atoms with Crippen molar-refractivity contribution in [3.05, 3.63) is 30.0 Å². The highest BCUT2D eigenvalue weighted by atomic mass is 32.1. The first-order chi connectivity index (χ1) is 13.6. The van der Waals surface area contributed by atoms with Gasteiger partial charge in [0, 0.05) is 12.6 Å². The molecular weight excluding hydrogens is 366 g/mol. The van der Waals surface area contributed by atoms with Gasteiger partial charge in [0.2, 0.25) is 5.95 Å². The molecule has 4 rings (SSSR count). The fourth-order valence-electron chi connectivity index (χ4n) is 3.37. The second kappa shape index (κ2) is 8.43. The Kier molecular flexibility index (Phi) is 5.76. The molecule has 0 radical (unpaired) electrons. The highest BCUT2D eigenvalue weighted by Gasteiger charge is 2.22. The summed E-state index contributed by atoms with van der Waals surface area (Å²) in [7, 11) is 0. The molecule has 2 aromatic heterocycles. The van der Waals surface area contributed by atoms with Crippen LogP contribution in [-0.2, 0) is 0 Å². The van der Waals surface area contributed by atoms with Gasteiger partial charge in [0.05, 0.1) is 21.5 Å². The molecule has 2 heterocycles. The Balaban J connectivity index is 1.69. The number of nitrogens with zero attached hydrogens (tertiary/aromatic N) is 3. The van der Waals surface area contributed by atoms with Crippen LogP contribution in [0.3, 0.4) is 0 Å². The van der Waals surface area contributed by atoms with Crippen molar-refractivity contribution in [1.29, 1.82) is 0 Å². The summed E-state index contributed by atoms with van der Waals surface area (Å²) in [6.45, 7) is 7.48. The molecule has 28 heavy (non-hydrogen) atoms. The molecule has 0 saturated heterocycles. The van der Waals surface area contributed by atoms with Crippen molar-refractivity contribution in [3.8, 4) is 10.6 Å². The van der Waals surface area contributed by atoms with Gasteiger partial charge in [0.15, 0.2) is 0 Å². The number of nitrogens with one attached hydrogen (secondary N) is 2. The molecule has 0 bridgehead atoms. The first-order valence-corrected chi connectivity index (χ1v) is 11.2. The Bertz CT molecular complexity index is 914. The van der Waals surface area contributed by atoms with Crippen LogP contribution in [0.15, 0.2) is 24.3 Å². The minimum absolute atomic E-state index is 0.360. The molecule has 6 heteroatoms. The highest BCUT2D eigenvalue weighted by Crippen LogP contribution is 2.36. The summed E-state index contributed by atoms with van der Waals surface area (Å²) in [5, 5.41) is 8.06. The van der Waals surface area contributed by atoms with Gasteiger partial charge in [0.1, 0.15) is 10.8 Å². The van der Waals surface area contributed by atoms with Crippen LogP contribution in [0.1, 0.15) is 51.6 Å². The summed E-state index contributed by atoms with van der Waals surface area (Å²) in [4.78, 5) is 14.5. The molecule has 1 aliphatic rings. The van der Waals surface area contributed by atoms with Crippen molar-refractivity contribution in [2.45, 2.75) is 58.9 Å². The summed E-state index contributed by atoms with van der Waals surface area (Å²) < 4.78 is 1.19. The second-order valence-electron chi connectivity index (χ2n) is 7.85. The van der Waals surface area contributed by atoms with E-state index in [9.17, 15) is 0 Å². The molecule has 5 nitrogen and oxygen atoms in total. The van der Waals surface area contributed by atoms with Crippen LogP contribution in [0.5, 0.6) is 0 Å². The van der Waals surface area contributed by atoms with E-state index in [2.05, 4.69) is 49.6 Å². The lowest BCUT2D eigenvalue weighted by Gasteiger charge is -2.18. The van der Waals surface area contributed by atoms with E-state index in [0.717, 1.165) is 52.4 Å². The molecule has 2 N–H and O–H groups in total. The third kappa shape index (κ3) is 4.43. The molecular formula is C22H29N5S. The number of aryl methyl sites for hydroxylation is 1. The number of unbranched alkanes of at least 4 members (excludes halogenated alkanes) is 1. The molecule has 1 saturated carbocycles. The number of para-hydroxylation sites is 1. The predicted octanol–water partition coefficient (Wildman–Crippen LogP) is 5.87. The predicted molar refractivity (Wildman–Crippen MR) is 119 cm³/mol. The van der Waals surface area contributed by atoms with Crippen LogP contribution in [0.25, 0.3) is 20.8 Å². The van der Waals surface area contributed by atoms with Crippen LogP contribution < -0.4 is 10.6 Å². The van der Waals surface area contributed by atoms with Gasteiger partial charge in [-0.15, -0.1) is 11.3 Å². The zero-order valence-electron chi connectivity index (χ0n) is 17.0. The van der Waals surface area contributed by atoms with Gasteiger partial charge in [-0.05, 0) is 51.2 Å². The number of hydrogen-bond acceptors (Lipinski definition) is 6. The minimum atomic E-state index is 0.360. The summed E-state index contributed by atoms with van der Waals surface area (Å²) in [6, 6.07) is 8.64. The molecule has 1 aliphatic carbocycles. The van der Waals surface area contributed by atoms with E-state index in [1.165, 1.54) is 30.4 Å². The number of thiazole rings is 1. The van der Waals surface area contributed by atoms with Gasteiger partial charge in [-0.25, -0.2) is 9.97 Å². The van der Waals surface area contributed by atoms with Crippen LogP contribution in [-0.4, -0.2) is 27.5 Å². The third-order valence-electron chi connectivity index (χ3n) is 5.22. The van der Waals surface area contributed by atoms with Gasteiger partial charge < -0.3 is 10.6 Å². The number of anilines is 2. The molecule has 0 aliphatic heterocycles. The summed E-state index contributed by atoms with van der Waals surface area (Å²) in [6.07, 6.45) is 6.17. The van der Waals surface area contributed by atoms with Gasteiger partial charge in [-0.3, -0.25) is 0 Å². The monoisotopic (exact) mass is 395 g/mol. The second-order valence-corrected chi connectivity index (χ2v) is 8.89. The molecule has 148 valence electrons. The van der Waals surface area contributed by atoms with E-state index < -0.39 is 0 Å². The maximum Gasteiger partial charge on any atom is 0.224 e. The van der Waals surface area contributed by atoms with Crippen LogP contribution in [0.4, 0.5) is 11.8 Å². The number of benzene rings is 1.